The molecule has 7 heteroatoms. The van der Waals surface area contributed by atoms with Crippen LogP contribution in [0.15, 0.2) is 27.6 Å². The second kappa shape index (κ2) is 6.15. The minimum absolute atomic E-state index is 0.00858. The zero-order chi connectivity index (χ0) is 13.1. The van der Waals surface area contributed by atoms with Crippen molar-refractivity contribution < 1.29 is 13.5 Å². The van der Waals surface area contributed by atoms with E-state index >= 15 is 0 Å². The Kier molecular flexibility index (Phi) is 5.40. The topological polar surface area (TPSA) is 66.4 Å². The van der Waals surface area contributed by atoms with Crippen molar-refractivity contribution in [1.82, 2.24) is 4.72 Å². The van der Waals surface area contributed by atoms with Crippen molar-refractivity contribution in [2.75, 3.05) is 6.61 Å². The van der Waals surface area contributed by atoms with Gasteiger partial charge in [0.15, 0.2) is 0 Å². The fourth-order valence-corrected chi connectivity index (χ4v) is 3.57. The smallest absolute Gasteiger partial charge is 0.242 e. The molecule has 0 radical (unpaired) electrons. The minimum atomic E-state index is -3.69. The molecule has 0 aromatic heterocycles. The molecule has 0 spiro atoms. The summed E-state index contributed by atoms with van der Waals surface area (Å²) in [6.45, 7) is 1.54. The highest BCUT2D eigenvalue weighted by molar-refractivity contribution is 9.10. The van der Waals surface area contributed by atoms with Gasteiger partial charge in [0.1, 0.15) is 4.90 Å². The summed E-state index contributed by atoms with van der Waals surface area (Å²) in [7, 11) is -3.69. The molecule has 2 N–H and O–H groups in total. The Bertz CT molecular complexity index is 488. The Morgan fingerprint density at radius 3 is 2.65 bits per heavy atom. The molecule has 0 aliphatic carbocycles. The maximum atomic E-state index is 12.0. The van der Waals surface area contributed by atoms with Crippen LogP contribution < -0.4 is 4.72 Å². The van der Waals surface area contributed by atoms with E-state index in [2.05, 4.69) is 20.7 Å². The number of aliphatic hydroxyl groups is 1. The molecule has 0 fully saturated rings. The van der Waals surface area contributed by atoms with Crippen LogP contribution in [0.5, 0.6) is 0 Å². The molecular weight excluding hydrogens is 330 g/mol. The highest BCUT2D eigenvalue weighted by atomic mass is 79.9. The molecule has 17 heavy (non-hydrogen) atoms. The number of sulfonamides is 1. The lowest BCUT2D eigenvalue weighted by molar-refractivity contribution is 0.254. The monoisotopic (exact) mass is 341 g/mol. The van der Waals surface area contributed by atoms with Gasteiger partial charge in [0, 0.05) is 10.5 Å². The molecule has 1 atom stereocenters. The third kappa shape index (κ3) is 3.93. The minimum Gasteiger partial charge on any atom is -0.395 e. The Morgan fingerprint density at radius 2 is 2.18 bits per heavy atom. The van der Waals surface area contributed by atoms with Gasteiger partial charge in [-0.25, -0.2) is 13.1 Å². The molecule has 1 rings (SSSR count). The zero-order valence-electron chi connectivity index (χ0n) is 9.15. The molecule has 1 aromatic rings. The second-order valence-electron chi connectivity index (χ2n) is 3.48. The van der Waals surface area contributed by atoms with Gasteiger partial charge in [0.25, 0.3) is 0 Å². The summed E-state index contributed by atoms with van der Waals surface area (Å²) in [5.74, 6) is 0. The lowest BCUT2D eigenvalue weighted by Crippen LogP contribution is -2.37. The van der Waals surface area contributed by atoms with Crippen LogP contribution in [0.4, 0.5) is 0 Å². The number of hydrogen-bond donors (Lipinski definition) is 2. The quantitative estimate of drug-likeness (QED) is 0.861. The highest BCUT2D eigenvalue weighted by Gasteiger charge is 2.21. The zero-order valence-corrected chi connectivity index (χ0v) is 12.3. The maximum Gasteiger partial charge on any atom is 0.242 e. The molecule has 1 aromatic carbocycles. The normalized spacial score (nSPS) is 13.6. The average Bonchev–Trinajstić information content (AvgIpc) is 2.25. The average molecular weight is 343 g/mol. The molecule has 0 heterocycles. The van der Waals surface area contributed by atoms with E-state index in [4.69, 9.17) is 16.7 Å². The first-order valence-electron chi connectivity index (χ1n) is 4.99. The summed E-state index contributed by atoms with van der Waals surface area (Å²) < 4.78 is 27.0. The first-order valence-corrected chi connectivity index (χ1v) is 7.64. The second-order valence-corrected chi connectivity index (χ2v) is 6.49. The SMILES string of the molecule is CC[C@@H](CO)NS(=O)(=O)c1ccc(Br)cc1Cl. The Balaban J connectivity index is 3.05. The van der Waals surface area contributed by atoms with Crippen LogP contribution in [0.3, 0.4) is 0 Å². The number of benzene rings is 1. The lowest BCUT2D eigenvalue weighted by Gasteiger charge is -2.15. The van der Waals surface area contributed by atoms with Crippen molar-refractivity contribution in [3.8, 4) is 0 Å². The molecule has 0 amide bonds. The van der Waals surface area contributed by atoms with Gasteiger partial charge >= 0.3 is 0 Å². The van der Waals surface area contributed by atoms with Gasteiger partial charge in [0.2, 0.25) is 10.0 Å². The van der Waals surface area contributed by atoms with Gasteiger partial charge in [-0.15, -0.1) is 0 Å². The number of nitrogens with one attached hydrogen (secondary N) is 1. The predicted molar refractivity (Wildman–Crippen MR) is 70.6 cm³/mol. The molecule has 0 saturated carbocycles. The predicted octanol–water partition coefficient (Wildman–Crippen LogP) is 2.15. The summed E-state index contributed by atoms with van der Waals surface area (Å²) in [5.41, 5.74) is 0. The largest absolute Gasteiger partial charge is 0.395 e. The highest BCUT2D eigenvalue weighted by Crippen LogP contribution is 2.25. The van der Waals surface area contributed by atoms with E-state index in [0.717, 1.165) is 0 Å². The van der Waals surface area contributed by atoms with Gasteiger partial charge in [-0.1, -0.05) is 34.5 Å². The molecule has 0 unspecified atom stereocenters. The van der Waals surface area contributed by atoms with Crippen molar-refractivity contribution in [2.24, 2.45) is 0 Å². The third-order valence-corrected chi connectivity index (χ3v) is 4.72. The van der Waals surface area contributed by atoms with Crippen molar-refractivity contribution >= 4 is 37.6 Å². The van der Waals surface area contributed by atoms with Gasteiger partial charge in [-0.2, -0.15) is 0 Å². The Labute approximate surface area is 114 Å². The van der Waals surface area contributed by atoms with Gasteiger partial charge in [0.05, 0.1) is 11.6 Å². The Hall–Kier alpha value is -0.140. The van der Waals surface area contributed by atoms with Crippen LogP contribution in [-0.2, 0) is 10.0 Å². The standard InChI is InChI=1S/C10H13BrClNO3S/c1-2-8(6-14)13-17(15,16)10-4-3-7(11)5-9(10)12/h3-5,8,13-14H,2,6H2,1H3/t8-/m0/s1. The van der Waals surface area contributed by atoms with Crippen LogP contribution in [-0.4, -0.2) is 26.2 Å². The van der Waals surface area contributed by atoms with E-state index in [0.29, 0.717) is 10.9 Å². The van der Waals surface area contributed by atoms with E-state index in [-0.39, 0.29) is 16.5 Å². The van der Waals surface area contributed by atoms with Crippen molar-refractivity contribution in [3.05, 3.63) is 27.7 Å². The van der Waals surface area contributed by atoms with E-state index in [9.17, 15) is 8.42 Å². The lowest BCUT2D eigenvalue weighted by atomic mass is 10.3. The van der Waals surface area contributed by atoms with E-state index in [1.807, 2.05) is 0 Å². The van der Waals surface area contributed by atoms with Crippen LogP contribution >= 0.6 is 27.5 Å². The first kappa shape index (κ1) is 14.9. The van der Waals surface area contributed by atoms with Gasteiger partial charge < -0.3 is 5.11 Å². The van der Waals surface area contributed by atoms with E-state index in [1.165, 1.54) is 12.1 Å². The molecule has 0 aliphatic rings. The van der Waals surface area contributed by atoms with Crippen LogP contribution in [0.2, 0.25) is 5.02 Å². The van der Waals surface area contributed by atoms with Crippen molar-refractivity contribution in [1.29, 1.82) is 0 Å². The summed E-state index contributed by atoms with van der Waals surface area (Å²) in [4.78, 5) is 0.00858. The molecule has 4 nitrogen and oxygen atoms in total. The van der Waals surface area contributed by atoms with Crippen LogP contribution in [0.1, 0.15) is 13.3 Å². The fourth-order valence-electron chi connectivity index (χ4n) is 1.23. The van der Waals surface area contributed by atoms with Crippen molar-refractivity contribution in [2.45, 2.75) is 24.3 Å². The van der Waals surface area contributed by atoms with Gasteiger partial charge in [-0.3, -0.25) is 0 Å². The maximum absolute atomic E-state index is 12.0. The number of aliphatic hydroxyl groups excluding tert-OH is 1. The van der Waals surface area contributed by atoms with E-state index in [1.54, 1.807) is 13.0 Å². The molecule has 0 bridgehead atoms. The van der Waals surface area contributed by atoms with Crippen LogP contribution in [0, 0.1) is 0 Å². The molecule has 0 aliphatic heterocycles. The van der Waals surface area contributed by atoms with Crippen LogP contribution in [0.25, 0.3) is 0 Å². The summed E-state index contributed by atoms with van der Waals surface area (Å²) in [6.07, 6.45) is 0.504. The molecular formula is C10H13BrClNO3S. The fraction of sp³-hybridized carbons (Fsp3) is 0.400. The summed E-state index contributed by atoms with van der Waals surface area (Å²) in [5, 5.41) is 9.12. The van der Waals surface area contributed by atoms with Gasteiger partial charge in [-0.05, 0) is 24.6 Å². The molecule has 0 saturated heterocycles. The number of hydrogen-bond acceptors (Lipinski definition) is 3. The van der Waals surface area contributed by atoms with E-state index < -0.39 is 16.1 Å². The third-order valence-electron chi connectivity index (χ3n) is 2.22. The van der Waals surface area contributed by atoms with Crippen molar-refractivity contribution in [3.63, 3.8) is 0 Å². The molecule has 96 valence electrons. The number of rotatable bonds is 5. The summed E-state index contributed by atoms with van der Waals surface area (Å²) in [6, 6.07) is 4.02. The number of halogens is 2. The Morgan fingerprint density at radius 1 is 1.53 bits per heavy atom. The first-order chi connectivity index (χ1) is 7.90. The summed E-state index contributed by atoms with van der Waals surface area (Å²) >= 11 is 9.07.